The van der Waals surface area contributed by atoms with Gasteiger partial charge in [0.15, 0.2) is 0 Å². The summed E-state index contributed by atoms with van der Waals surface area (Å²) in [7, 11) is 0. The van der Waals surface area contributed by atoms with Gasteiger partial charge >= 0.3 is 6.18 Å². The maximum atomic E-state index is 12.7. The van der Waals surface area contributed by atoms with E-state index >= 15 is 0 Å². The van der Waals surface area contributed by atoms with Gasteiger partial charge in [-0.1, -0.05) is 6.92 Å². The van der Waals surface area contributed by atoms with Crippen molar-refractivity contribution in [2.75, 3.05) is 18.0 Å². The fourth-order valence-electron chi connectivity index (χ4n) is 4.02. The summed E-state index contributed by atoms with van der Waals surface area (Å²) >= 11 is 0. The minimum absolute atomic E-state index is 0. The molecular weight excluding hydrogens is 343 g/mol. The first-order valence-corrected chi connectivity index (χ1v) is 7.93. The first-order valence-electron chi connectivity index (χ1n) is 7.93. The second-order valence-electron chi connectivity index (χ2n) is 6.38. The van der Waals surface area contributed by atoms with Gasteiger partial charge in [0, 0.05) is 17.9 Å². The van der Waals surface area contributed by atoms with Crippen LogP contribution in [0.5, 0.6) is 0 Å². The van der Waals surface area contributed by atoms with Crippen LogP contribution in [0.4, 0.5) is 18.9 Å². The molecule has 1 atom stereocenters. The average Bonchev–Trinajstić information content (AvgIpc) is 2.78. The number of hydrogen-bond donors (Lipinski definition) is 1. The highest BCUT2D eigenvalue weighted by atomic mass is 35.5. The number of hydrogen-bond acceptors (Lipinski definition) is 3. The molecular formula is C16H21ClF3N3O. The van der Waals surface area contributed by atoms with Crippen molar-refractivity contribution in [3.8, 4) is 0 Å². The van der Waals surface area contributed by atoms with Crippen molar-refractivity contribution in [3.05, 3.63) is 24.0 Å². The number of anilines is 1. The largest absolute Gasteiger partial charge is 0.433 e. The smallest absolute Gasteiger partial charge is 0.317 e. The normalized spacial score (nSPS) is 23.4. The van der Waals surface area contributed by atoms with Gasteiger partial charge in [-0.3, -0.25) is 4.79 Å². The van der Waals surface area contributed by atoms with Crippen LogP contribution in [-0.4, -0.2) is 30.0 Å². The van der Waals surface area contributed by atoms with Gasteiger partial charge in [0.05, 0.1) is 11.9 Å². The number of aromatic nitrogens is 1. The lowest BCUT2D eigenvalue weighted by atomic mass is 9.72. The van der Waals surface area contributed by atoms with Crippen molar-refractivity contribution in [2.24, 2.45) is 5.41 Å². The Bertz CT molecular complexity index is 585. The van der Waals surface area contributed by atoms with Crippen LogP contribution in [0.2, 0.25) is 0 Å². The molecule has 2 saturated heterocycles. The molecule has 2 aliphatic rings. The summed E-state index contributed by atoms with van der Waals surface area (Å²) < 4.78 is 38.0. The number of alkyl halides is 3. The molecule has 0 radical (unpaired) electrons. The summed E-state index contributed by atoms with van der Waals surface area (Å²) in [6.07, 6.45) is -0.206. The molecule has 8 heteroatoms. The van der Waals surface area contributed by atoms with E-state index in [-0.39, 0.29) is 29.8 Å². The summed E-state index contributed by atoms with van der Waals surface area (Å²) in [4.78, 5) is 17.7. The van der Waals surface area contributed by atoms with Crippen LogP contribution < -0.4 is 10.2 Å². The molecule has 0 aliphatic carbocycles. The van der Waals surface area contributed by atoms with Gasteiger partial charge in [-0.25, -0.2) is 4.98 Å². The number of halogens is 4. The van der Waals surface area contributed by atoms with Gasteiger partial charge in [-0.05, 0) is 44.5 Å². The third-order valence-electron chi connectivity index (χ3n) is 5.09. The average molecular weight is 364 g/mol. The number of carbonyl (C=O) groups is 1. The van der Waals surface area contributed by atoms with Crippen molar-refractivity contribution in [1.29, 1.82) is 0 Å². The van der Waals surface area contributed by atoms with Gasteiger partial charge in [0.1, 0.15) is 5.69 Å². The van der Waals surface area contributed by atoms with Gasteiger partial charge in [-0.15, -0.1) is 12.4 Å². The zero-order chi connectivity index (χ0) is 16.7. The zero-order valence-electron chi connectivity index (χ0n) is 13.4. The lowest BCUT2D eigenvalue weighted by Crippen LogP contribution is -2.46. The molecule has 2 fully saturated rings. The summed E-state index contributed by atoms with van der Waals surface area (Å²) in [6.45, 7) is 3.78. The second kappa shape index (κ2) is 6.88. The molecule has 134 valence electrons. The molecule has 1 aromatic rings. The van der Waals surface area contributed by atoms with E-state index in [1.165, 1.54) is 12.3 Å². The molecule has 0 bridgehead atoms. The molecule has 1 spiro atoms. The van der Waals surface area contributed by atoms with Gasteiger partial charge in [0.2, 0.25) is 5.91 Å². The molecule has 3 rings (SSSR count). The van der Waals surface area contributed by atoms with E-state index in [0.717, 1.165) is 38.4 Å². The summed E-state index contributed by atoms with van der Waals surface area (Å²) in [5.41, 5.74) is -0.539. The lowest BCUT2D eigenvalue weighted by molar-refractivity contribution is -0.141. The van der Waals surface area contributed by atoms with Crippen molar-refractivity contribution < 1.29 is 18.0 Å². The monoisotopic (exact) mass is 363 g/mol. The number of nitrogens with zero attached hydrogens (tertiary/aromatic N) is 2. The van der Waals surface area contributed by atoms with Crippen molar-refractivity contribution in [3.63, 3.8) is 0 Å². The topological polar surface area (TPSA) is 45.2 Å². The molecule has 3 heterocycles. The molecule has 24 heavy (non-hydrogen) atoms. The maximum absolute atomic E-state index is 12.7. The Morgan fingerprint density at radius 2 is 2.00 bits per heavy atom. The van der Waals surface area contributed by atoms with Crippen molar-refractivity contribution in [1.82, 2.24) is 10.3 Å². The van der Waals surface area contributed by atoms with E-state index in [1.54, 1.807) is 4.90 Å². The van der Waals surface area contributed by atoms with Crippen LogP contribution in [-0.2, 0) is 11.0 Å². The Morgan fingerprint density at radius 1 is 1.33 bits per heavy atom. The highest BCUT2D eigenvalue weighted by molar-refractivity contribution is 5.97. The Hall–Kier alpha value is -1.34. The predicted octanol–water partition coefficient (Wildman–Crippen LogP) is 3.41. The first-order chi connectivity index (χ1) is 10.9. The lowest BCUT2D eigenvalue weighted by Gasteiger charge is -2.40. The minimum Gasteiger partial charge on any atom is -0.317 e. The van der Waals surface area contributed by atoms with Crippen LogP contribution in [0.15, 0.2) is 18.3 Å². The summed E-state index contributed by atoms with van der Waals surface area (Å²) in [6, 6.07) is 2.33. The predicted molar refractivity (Wildman–Crippen MR) is 87.2 cm³/mol. The third kappa shape index (κ3) is 3.24. The quantitative estimate of drug-likeness (QED) is 0.875. The minimum atomic E-state index is -4.46. The molecule has 0 aromatic carbocycles. The van der Waals surface area contributed by atoms with Crippen LogP contribution in [0.1, 0.15) is 38.3 Å². The number of nitrogens with one attached hydrogen (secondary N) is 1. The van der Waals surface area contributed by atoms with Crippen LogP contribution in [0.3, 0.4) is 0 Å². The highest BCUT2D eigenvalue weighted by Crippen LogP contribution is 2.47. The standard InChI is InChI=1S/C16H20F3N3O.ClH/c1-2-13-15(5-7-20-8-6-15)9-14(23)22(13)11-3-4-12(21-10-11)16(17,18)19;/h3-4,10,13,20H,2,5-9H2,1H3;1H. The Labute approximate surface area is 145 Å². The summed E-state index contributed by atoms with van der Waals surface area (Å²) in [5, 5.41) is 3.31. The van der Waals surface area contributed by atoms with Gasteiger partial charge in [0.25, 0.3) is 0 Å². The molecule has 1 N–H and O–H groups in total. The molecule has 0 saturated carbocycles. The molecule has 1 aromatic heterocycles. The number of pyridine rings is 1. The van der Waals surface area contributed by atoms with Crippen LogP contribution in [0, 0.1) is 5.41 Å². The van der Waals surface area contributed by atoms with E-state index in [9.17, 15) is 18.0 Å². The van der Waals surface area contributed by atoms with Crippen molar-refractivity contribution >= 4 is 24.0 Å². The zero-order valence-corrected chi connectivity index (χ0v) is 14.2. The van der Waals surface area contributed by atoms with E-state index in [4.69, 9.17) is 0 Å². The van der Waals surface area contributed by atoms with Crippen LogP contribution >= 0.6 is 12.4 Å². The van der Waals surface area contributed by atoms with Gasteiger partial charge in [-0.2, -0.15) is 13.2 Å². The number of rotatable bonds is 2. The second-order valence-corrected chi connectivity index (χ2v) is 6.38. The number of carbonyl (C=O) groups excluding carboxylic acids is 1. The fraction of sp³-hybridized carbons (Fsp3) is 0.625. The maximum Gasteiger partial charge on any atom is 0.433 e. The molecule has 2 aliphatic heterocycles. The molecule has 1 unspecified atom stereocenters. The highest BCUT2D eigenvalue weighted by Gasteiger charge is 2.51. The van der Waals surface area contributed by atoms with Crippen LogP contribution in [0.25, 0.3) is 0 Å². The Morgan fingerprint density at radius 3 is 2.50 bits per heavy atom. The van der Waals surface area contributed by atoms with Gasteiger partial charge < -0.3 is 10.2 Å². The van der Waals surface area contributed by atoms with E-state index in [2.05, 4.69) is 10.3 Å². The van der Waals surface area contributed by atoms with E-state index < -0.39 is 11.9 Å². The third-order valence-corrected chi connectivity index (χ3v) is 5.09. The Kier molecular flexibility index (Phi) is 5.44. The first kappa shape index (κ1) is 19.0. The number of amides is 1. The molecule has 4 nitrogen and oxygen atoms in total. The summed E-state index contributed by atoms with van der Waals surface area (Å²) in [5.74, 6) is -0.0136. The number of piperidine rings is 1. The van der Waals surface area contributed by atoms with E-state index in [1.807, 2.05) is 6.92 Å². The SMILES string of the molecule is CCC1N(c2ccc(C(F)(F)F)nc2)C(=O)CC12CCNCC2.Cl. The van der Waals surface area contributed by atoms with Crippen molar-refractivity contribution in [2.45, 2.75) is 44.8 Å². The molecule has 1 amide bonds. The Balaban J connectivity index is 0.00000208. The fourth-order valence-corrected chi connectivity index (χ4v) is 4.02. The van der Waals surface area contributed by atoms with E-state index in [0.29, 0.717) is 12.1 Å².